The van der Waals surface area contributed by atoms with Gasteiger partial charge in [-0.1, -0.05) is 54.6 Å². The Morgan fingerprint density at radius 2 is 1.30 bits per heavy atom. The van der Waals surface area contributed by atoms with Crippen molar-refractivity contribution >= 4 is 50.8 Å². The lowest BCUT2D eigenvalue weighted by atomic mass is 10.1. The van der Waals surface area contributed by atoms with Crippen molar-refractivity contribution in [2.75, 3.05) is 12.3 Å². The third-order valence-corrected chi connectivity index (χ3v) is 7.46. The van der Waals surface area contributed by atoms with Crippen LogP contribution in [0.1, 0.15) is 37.3 Å². The molecule has 4 atom stereocenters. The van der Waals surface area contributed by atoms with E-state index in [0.717, 1.165) is 0 Å². The zero-order chi connectivity index (χ0) is 30.6. The Morgan fingerprint density at radius 1 is 0.773 bits per heavy atom. The lowest BCUT2D eigenvalue weighted by Gasteiger charge is -2.25. The third kappa shape index (κ3) is 5.87. The number of ether oxygens (including phenoxy) is 4. The van der Waals surface area contributed by atoms with E-state index in [2.05, 4.69) is 30.9 Å². The van der Waals surface area contributed by atoms with E-state index >= 15 is 0 Å². The van der Waals surface area contributed by atoms with Crippen LogP contribution in [0, 0.1) is 0 Å². The molecule has 3 aromatic carbocycles. The van der Waals surface area contributed by atoms with Gasteiger partial charge < -0.3 is 24.7 Å². The Labute approximate surface area is 258 Å². The summed E-state index contributed by atoms with van der Waals surface area (Å²) in [5, 5.41) is 0. The second-order valence-electron chi connectivity index (χ2n) is 9.68. The summed E-state index contributed by atoms with van der Waals surface area (Å²) < 4.78 is 25.7. The molecular formula is C31H24BrN5O7. The molecule has 0 amide bonds. The van der Waals surface area contributed by atoms with Gasteiger partial charge in [0.05, 0.1) is 16.7 Å². The van der Waals surface area contributed by atoms with Gasteiger partial charge in [0.2, 0.25) is 0 Å². The van der Waals surface area contributed by atoms with Crippen LogP contribution in [0.2, 0.25) is 0 Å². The number of imidazole rings is 1. The lowest BCUT2D eigenvalue weighted by molar-refractivity contribution is -0.0615. The zero-order valence-corrected chi connectivity index (χ0v) is 24.4. The number of carbonyl (C=O) groups excluding carboxylic acids is 3. The fourth-order valence-electron chi connectivity index (χ4n) is 4.79. The van der Waals surface area contributed by atoms with Crippen LogP contribution in [0.5, 0.6) is 0 Å². The fourth-order valence-corrected chi connectivity index (χ4v) is 5.34. The number of anilines is 1. The number of esters is 3. The number of hydrogen-bond donors (Lipinski definition) is 1. The summed E-state index contributed by atoms with van der Waals surface area (Å²) in [6.45, 7) is -0.336. The van der Waals surface area contributed by atoms with E-state index in [9.17, 15) is 14.4 Å². The molecule has 3 heterocycles. The predicted molar refractivity (Wildman–Crippen MR) is 159 cm³/mol. The summed E-state index contributed by atoms with van der Waals surface area (Å²) in [7, 11) is 0. The number of carbonyl (C=O) groups is 3. The second kappa shape index (κ2) is 12.6. The van der Waals surface area contributed by atoms with Gasteiger partial charge in [0.1, 0.15) is 19.0 Å². The summed E-state index contributed by atoms with van der Waals surface area (Å²) >= 11 is 3.43. The first-order chi connectivity index (χ1) is 21.4. The molecule has 12 nitrogen and oxygen atoms in total. The average Bonchev–Trinajstić information content (AvgIpc) is 3.57. The van der Waals surface area contributed by atoms with Crippen molar-refractivity contribution in [2.24, 2.45) is 0 Å². The van der Waals surface area contributed by atoms with Crippen LogP contribution in [0.15, 0.2) is 102 Å². The largest absolute Gasteiger partial charge is 0.459 e. The molecule has 1 aliphatic heterocycles. The second-order valence-corrected chi connectivity index (χ2v) is 10.4. The molecule has 1 fully saturated rings. The molecule has 2 unspecified atom stereocenters. The van der Waals surface area contributed by atoms with Gasteiger partial charge in [-0.15, -0.1) is 0 Å². The summed E-state index contributed by atoms with van der Waals surface area (Å²) in [6.07, 6.45) is -3.44. The first kappa shape index (κ1) is 29.0. The van der Waals surface area contributed by atoms with Crippen molar-refractivity contribution in [3.05, 3.63) is 119 Å². The van der Waals surface area contributed by atoms with Crippen LogP contribution in [0.4, 0.5) is 5.82 Å². The zero-order valence-electron chi connectivity index (χ0n) is 22.9. The molecule has 1 saturated heterocycles. The summed E-state index contributed by atoms with van der Waals surface area (Å²) in [4.78, 5) is 52.3. The number of nitrogens with zero attached hydrogens (tertiary/aromatic N) is 4. The maximum absolute atomic E-state index is 13.4. The first-order valence-corrected chi connectivity index (χ1v) is 14.2. The average molecular weight is 658 g/mol. The SMILES string of the molecule is Nc1ncnc2c1nc(Br)n2[C@@H]1O[C@H](COC(=O)c2ccccc2)C(OC(=O)c2ccccc2)C1OC(=O)c1ccccc1. The number of nitrogens with two attached hydrogens (primary N) is 1. The Bertz CT molecular complexity index is 1800. The number of nitrogen functional groups attached to an aromatic ring is 1. The minimum atomic E-state index is -1.25. The monoisotopic (exact) mass is 657 g/mol. The normalized spacial score (nSPS) is 19.4. The van der Waals surface area contributed by atoms with E-state index in [0.29, 0.717) is 5.56 Å². The molecular weight excluding hydrogens is 634 g/mol. The highest BCUT2D eigenvalue weighted by Gasteiger charge is 2.52. The third-order valence-electron chi connectivity index (χ3n) is 6.90. The van der Waals surface area contributed by atoms with E-state index in [-0.39, 0.29) is 39.4 Å². The van der Waals surface area contributed by atoms with E-state index < -0.39 is 42.4 Å². The summed E-state index contributed by atoms with van der Waals surface area (Å²) in [5.74, 6) is -1.88. The van der Waals surface area contributed by atoms with Crippen LogP contribution < -0.4 is 5.73 Å². The van der Waals surface area contributed by atoms with E-state index in [4.69, 9.17) is 24.7 Å². The number of rotatable bonds is 8. The molecule has 0 bridgehead atoms. The molecule has 2 aromatic heterocycles. The summed E-state index contributed by atoms with van der Waals surface area (Å²) in [5.41, 5.74) is 7.44. The Kier molecular flexibility index (Phi) is 8.30. The van der Waals surface area contributed by atoms with Crippen LogP contribution >= 0.6 is 15.9 Å². The molecule has 2 N–H and O–H groups in total. The maximum atomic E-state index is 13.4. The van der Waals surface area contributed by atoms with Crippen LogP contribution in [-0.2, 0) is 18.9 Å². The van der Waals surface area contributed by atoms with Crippen molar-refractivity contribution in [3.63, 3.8) is 0 Å². The van der Waals surface area contributed by atoms with Crippen molar-refractivity contribution in [3.8, 4) is 0 Å². The van der Waals surface area contributed by atoms with Crippen molar-refractivity contribution in [1.29, 1.82) is 0 Å². The molecule has 44 heavy (non-hydrogen) atoms. The van der Waals surface area contributed by atoms with Crippen molar-refractivity contribution in [1.82, 2.24) is 19.5 Å². The van der Waals surface area contributed by atoms with Crippen molar-refractivity contribution in [2.45, 2.75) is 24.5 Å². The fraction of sp³-hybridized carbons (Fsp3) is 0.161. The summed E-state index contributed by atoms with van der Waals surface area (Å²) in [6, 6.07) is 25.0. The van der Waals surface area contributed by atoms with Gasteiger partial charge in [-0.25, -0.2) is 29.3 Å². The predicted octanol–water partition coefficient (Wildman–Crippen LogP) is 4.38. The molecule has 6 rings (SSSR count). The van der Waals surface area contributed by atoms with Gasteiger partial charge in [-0.2, -0.15) is 0 Å². The van der Waals surface area contributed by atoms with E-state index in [1.54, 1.807) is 91.0 Å². The van der Waals surface area contributed by atoms with E-state index in [1.807, 2.05) is 0 Å². The Morgan fingerprint density at radius 3 is 1.86 bits per heavy atom. The maximum Gasteiger partial charge on any atom is 0.338 e. The molecule has 5 aromatic rings. The van der Waals surface area contributed by atoms with Crippen LogP contribution in [-0.4, -0.2) is 62.3 Å². The lowest BCUT2D eigenvalue weighted by Crippen LogP contribution is -2.41. The topological polar surface area (TPSA) is 158 Å². The molecule has 0 saturated carbocycles. The first-order valence-electron chi connectivity index (χ1n) is 13.4. The highest BCUT2D eigenvalue weighted by molar-refractivity contribution is 9.10. The van der Waals surface area contributed by atoms with Gasteiger partial charge in [-0.05, 0) is 52.3 Å². The van der Waals surface area contributed by atoms with Gasteiger partial charge in [0, 0.05) is 0 Å². The number of halogens is 1. The van der Waals surface area contributed by atoms with Gasteiger partial charge >= 0.3 is 17.9 Å². The highest BCUT2D eigenvalue weighted by Crippen LogP contribution is 2.39. The highest BCUT2D eigenvalue weighted by atomic mass is 79.9. The molecule has 1 aliphatic rings. The molecule has 0 radical (unpaired) electrons. The minimum absolute atomic E-state index is 0.116. The Balaban J connectivity index is 1.40. The van der Waals surface area contributed by atoms with Crippen molar-refractivity contribution < 1.29 is 33.3 Å². The molecule has 0 aliphatic carbocycles. The van der Waals surface area contributed by atoms with Crippen LogP contribution in [0.25, 0.3) is 11.2 Å². The van der Waals surface area contributed by atoms with Gasteiger partial charge in [-0.3, -0.25) is 4.57 Å². The van der Waals surface area contributed by atoms with Gasteiger partial charge in [0.15, 0.2) is 40.2 Å². The number of aromatic nitrogens is 4. The minimum Gasteiger partial charge on any atom is -0.459 e. The molecule has 0 spiro atoms. The van der Waals surface area contributed by atoms with E-state index in [1.165, 1.54) is 10.9 Å². The number of fused-ring (bicyclic) bond motifs is 1. The number of benzene rings is 3. The van der Waals surface area contributed by atoms with Crippen LogP contribution in [0.3, 0.4) is 0 Å². The quantitative estimate of drug-likeness (QED) is 0.143. The standard InChI is InChI=1S/C31H24BrN5O7/c32-31-36-22-25(33)34-17-35-26(22)37(31)27-24(44-30(40)20-14-8-3-9-15-20)23(43-29(39)19-12-6-2-7-13-19)21(42-27)16-41-28(38)18-10-4-1-5-11-18/h1-15,17,21,23-24,27H,16H2,(H2,33,34,35)/t21-,23?,24?,27-/m1/s1. The molecule has 13 heteroatoms. The molecule has 222 valence electrons. The Hall–Kier alpha value is -5.14. The smallest absolute Gasteiger partial charge is 0.338 e. The van der Waals surface area contributed by atoms with Gasteiger partial charge in [0.25, 0.3) is 0 Å². The number of hydrogen-bond acceptors (Lipinski definition) is 11.